The molecule has 2 saturated carbocycles. The Morgan fingerprint density at radius 2 is 1.88 bits per heavy atom. The van der Waals surface area contributed by atoms with Gasteiger partial charge in [0.15, 0.2) is 0 Å². The maximum atomic E-state index is 11.2. The van der Waals surface area contributed by atoms with Crippen LogP contribution in [0.3, 0.4) is 0 Å². The number of nitro benzene ring substituents is 1. The Morgan fingerprint density at radius 3 is 2.56 bits per heavy atom. The summed E-state index contributed by atoms with van der Waals surface area (Å²) >= 11 is 0. The van der Waals surface area contributed by atoms with Crippen molar-refractivity contribution in [2.75, 3.05) is 0 Å². The zero-order valence-corrected chi connectivity index (χ0v) is 14.4. The van der Waals surface area contributed by atoms with E-state index in [4.69, 9.17) is 5.11 Å². The number of nitrogens with one attached hydrogen (secondary N) is 1. The van der Waals surface area contributed by atoms with Gasteiger partial charge in [0.1, 0.15) is 0 Å². The molecule has 0 heterocycles. The van der Waals surface area contributed by atoms with Gasteiger partial charge in [-0.15, -0.1) is 0 Å². The third-order valence-corrected chi connectivity index (χ3v) is 5.86. The Morgan fingerprint density at radius 1 is 1.16 bits per heavy atom. The largest absolute Gasteiger partial charge is 0.481 e. The number of benzene rings is 1. The van der Waals surface area contributed by atoms with Crippen LogP contribution in [0.5, 0.6) is 0 Å². The van der Waals surface area contributed by atoms with Crippen LogP contribution in [0.25, 0.3) is 0 Å². The van der Waals surface area contributed by atoms with Gasteiger partial charge in [-0.1, -0.05) is 24.6 Å². The van der Waals surface area contributed by atoms with E-state index in [0.717, 1.165) is 56.9 Å². The van der Waals surface area contributed by atoms with Crippen molar-refractivity contribution in [2.24, 2.45) is 11.8 Å². The molecule has 0 amide bonds. The van der Waals surface area contributed by atoms with Crippen molar-refractivity contribution in [3.8, 4) is 0 Å². The van der Waals surface area contributed by atoms with E-state index in [2.05, 4.69) is 5.32 Å². The number of aliphatic carboxylic acids is 1. The second-order valence-corrected chi connectivity index (χ2v) is 7.44. The number of hydrogen-bond acceptors (Lipinski definition) is 4. The highest BCUT2D eigenvalue weighted by Gasteiger charge is 2.33. The number of para-hydroxylation sites is 1. The van der Waals surface area contributed by atoms with Gasteiger partial charge in [0.05, 0.1) is 10.8 Å². The first-order chi connectivity index (χ1) is 12.0. The van der Waals surface area contributed by atoms with Crippen molar-refractivity contribution >= 4 is 11.7 Å². The molecule has 2 aliphatic carbocycles. The SMILES string of the molecule is O=C(O)C1CCC(NC2CCCC2Cc2ccccc2[N+](=O)[O-])CC1. The zero-order valence-electron chi connectivity index (χ0n) is 14.4. The molecule has 0 aromatic heterocycles. The van der Waals surface area contributed by atoms with Crippen molar-refractivity contribution in [1.82, 2.24) is 5.32 Å². The Labute approximate surface area is 147 Å². The normalized spacial score (nSPS) is 29.4. The molecule has 0 saturated heterocycles. The van der Waals surface area contributed by atoms with E-state index in [0.29, 0.717) is 18.0 Å². The minimum Gasteiger partial charge on any atom is -0.481 e. The van der Waals surface area contributed by atoms with Crippen LogP contribution in [0, 0.1) is 22.0 Å². The minimum absolute atomic E-state index is 0.190. The maximum absolute atomic E-state index is 11.2. The van der Waals surface area contributed by atoms with Gasteiger partial charge < -0.3 is 10.4 Å². The number of nitro groups is 1. The van der Waals surface area contributed by atoms with Gasteiger partial charge in [0.25, 0.3) is 5.69 Å². The number of carboxylic acid groups (broad SMARTS) is 1. The quantitative estimate of drug-likeness (QED) is 0.607. The van der Waals surface area contributed by atoms with Gasteiger partial charge >= 0.3 is 5.97 Å². The van der Waals surface area contributed by atoms with Crippen molar-refractivity contribution in [2.45, 2.75) is 63.5 Å². The third kappa shape index (κ3) is 4.37. The lowest BCUT2D eigenvalue weighted by Gasteiger charge is -2.31. The van der Waals surface area contributed by atoms with Crippen LogP contribution in [-0.4, -0.2) is 28.1 Å². The number of carboxylic acids is 1. The van der Waals surface area contributed by atoms with Gasteiger partial charge in [-0.05, 0) is 50.9 Å². The summed E-state index contributed by atoms with van der Waals surface area (Å²) in [5.74, 6) is -0.448. The minimum atomic E-state index is -0.673. The summed E-state index contributed by atoms with van der Waals surface area (Å²) in [4.78, 5) is 22.0. The highest BCUT2D eigenvalue weighted by Crippen LogP contribution is 2.33. The highest BCUT2D eigenvalue weighted by atomic mass is 16.6. The molecule has 136 valence electrons. The fraction of sp³-hybridized carbons (Fsp3) is 0.632. The summed E-state index contributed by atoms with van der Waals surface area (Å²) in [6.07, 6.45) is 7.38. The molecule has 6 heteroatoms. The summed E-state index contributed by atoms with van der Waals surface area (Å²) in [5.41, 5.74) is 1.04. The Kier molecular flexibility index (Phi) is 5.68. The molecule has 0 aliphatic heterocycles. The first-order valence-electron chi connectivity index (χ1n) is 9.25. The first kappa shape index (κ1) is 17.9. The van der Waals surface area contributed by atoms with Crippen LogP contribution in [-0.2, 0) is 11.2 Å². The molecule has 0 bridgehead atoms. The van der Waals surface area contributed by atoms with E-state index >= 15 is 0 Å². The first-order valence-corrected chi connectivity index (χ1v) is 9.25. The van der Waals surface area contributed by atoms with Gasteiger partial charge in [-0.3, -0.25) is 14.9 Å². The monoisotopic (exact) mass is 346 g/mol. The van der Waals surface area contributed by atoms with Crippen molar-refractivity contribution in [3.63, 3.8) is 0 Å². The zero-order chi connectivity index (χ0) is 17.8. The Hall–Kier alpha value is -1.95. The second-order valence-electron chi connectivity index (χ2n) is 7.44. The number of rotatable bonds is 6. The Balaban J connectivity index is 1.58. The van der Waals surface area contributed by atoms with Gasteiger partial charge in [-0.2, -0.15) is 0 Å². The fourth-order valence-electron chi connectivity index (χ4n) is 4.45. The molecule has 3 rings (SSSR count). The lowest BCUT2D eigenvalue weighted by Crippen LogP contribution is -2.43. The van der Waals surface area contributed by atoms with Crippen LogP contribution in [0.1, 0.15) is 50.5 Å². The van der Waals surface area contributed by atoms with Crippen molar-refractivity contribution in [1.29, 1.82) is 0 Å². The number of nitrogens with zero attached hydrogens (tertiary/aromatic N) is 1. The van der Waals surface area contributed by atoms with E-state index in [1.165, 1.54) is 0 Å². The molecule has 2 atom stereocenters. The van der Waals surface area contributed by atoms with Crippen molar-refractivity contribution in [3.05, 3.63) is 39.9 Å². The van der Waals surface area contributed by atoms with Gasteiger partial charge in [-0.25, -0.2) is 0 Å². The molecule has 2 aliphatic rings. The molecule has 0 radical (unpaired) electrons. The third-order valence-electron chi connectivity index (χ3n) is 5.86. The smallest absolute Gasteiger partial charge is 0.306 e. The predicted octanol–water partition coefficient (Wildman–Crippen LogP) is 3.54. The predicted molar refractivity (Wildman–Crippen MR) is 94.4 cm³/mol. The molecule has 0 spiro atoms. The summed E-state index contributed by atoms with van der Waals surface area (Å²) < 4.78 is 0. The van der Waals surface area contributed by atoms with E-state index in [1.807, 2.05) is 12.1 Å². The lowest BCUT2D eigenvalue weighted by atomic mass is 9.85. The Bertz CT molecular complexity index is 626. The van der Waals surface area contributed by atoms with Gasteiger partial charge in [0, 0.05) is 23.7 Å². The van der Waals surface area contributed by atoms with E-state index in [1.54, 1.807) is 12.1 Å². The summed E-state index contributed by atoms with van der Waals surface area (Å²) in [6, 6.07) is 7.80. The molecule has 25 heavy (non-hydrogen) atoms. The van der Waals surface area contributed by atoms with Crippen LogP contribution in [0.4, 0.5) is 5.69 Å². The van der Waals surface area contributed by atoms with E-state index < -0.39 is 5.97 Å². The lowest BCUT2D eigenvalue weighted by molar-refractivity contribution is -0.385. The second kappa shape index (κ2) is 7.95. The number of hydrogen-bond donors (Lipinski definition) is 2. The van der Waals surface area contributed by atoms with Crippen molar-refractivity contribution < 1.29 is 14.8 Å². The molecule has 2 unspecified atom stereocenters. The molecule has 2 N–H and O–H groups in total. The molecule has 1 aromatic rings. The van der Waals surface area contributed by atoms with Crippen LogP contribution < -0.4 is 5.32 Å². The summed E-state index contributed by atoms with van der Waals surface area (Å²) in [7, 11) is 0. The summed E-state index contributed by atoms with van der Waals surface area (Å²) in [6.45, 7) is 0. The average molecular weight is 346 g/mol. The highest BCUT2D eigenvalue weighted by molar-refractivity contribution is 5.70. The maximum Gasteiger partial charge on any atom is 0.306 e. The van der Waals surface area contributed by atoms with Crippen LogP contribution in [0.15, 0.2) is 24.3 Å². The standard InChI is InChI=1S/C19H26N2O4/c22-19(23)13-8-10-16(11-9-13)20-17-6-3-5-14(17)12-15-4-1-2-7-18(15)21(24)25/h1-2,4,7,13-14,16-17,20H,3,5-6,8-12H2,(H,22,23). The fourth-order valence-corrected chi connectivity index (χ4v) is 4.45. The molecule has 2 fully saturated rings. The van der Waals surface area contributed by atoms with Gasteiger partial charge in [0.2, 0.25) is 0 Å². The van der Waals surface area contributed by atoms with Crippen LogP contribution in [0.2, 0.25) is 0 Å². The van der Waals surface area contributed by atoms with Crippen LogP contribution >= 0.6 is 0 Å². The number of carbonyl (C=O) groups is 1. The summed E-state index contributed by atoms with van der Waals surface area (Å²) in [5, 5.41) is 24.1. The molecule has 6 nitrogen and oxygen atoms in total. The van der Waals surface area contributed by atoms with E-state index in [-0.39, 0.29) is 16.5 Å². The molecular formula is C19H26N2O4. The topological polar surface area (TPSA) is 92.5 Å². The average Bonchev–Trinajstić information content (AvgIpc) is 3.02. The molecule has 1 aromatic carbocycles. The van der Waals surface area contributed by atoms with E-state index in [9.17, 15) is 14.9 Å². The molecular weight excluding hydrogens is 320 g/mol.